The number of hydrogen-bond donors (Lipinski definition) is 2. The maximum absolute atomic E-state index is 12.9. The first-order valence-electron chi connectivity index (χ1n) is 9.85. The van der Waals surface area contributed by atoms with Crippen molar-refractivity contribution in [1.29, 1.82) is 0 Å². The highest BCUT2D eigenvalue weighted by Gasteiger charge is 2.21. The number of hydrogen-bond acceptors (Lipinski definition) is 3. The molecule has 0 heterocycles. The monoisotopic (exact) mass is 444 g/mol. The van der Waals surface area contributed by atoms with Gasteiger partial charge in [-0.25, -0.2) is 13.1 Å². The Morgan fingerprint density at radius 3 is 2.00 bits per heavy atom. The molecule has 0 aliphatic rings. The minimum Gasteiger partial charge on any atom is -0.309 e. The third-order valence-electron chi connectivity index (χ3n) is 4.95. The van der Waals surface area contributed by atoms with E-state index in [2.05, 4.69) is 29.1 Å². The van der Waals surface area contributed by atoms with Crippen LogP contribution in [0.1, 0.15) is 29.7 Å². The molecule has 2 N–H and O–H groups in total. The Kier molecular flexibility index (Phi) is 9.06. The van der Waals surface area contributed by atoms with E-state index in [1.54, 1.807) is 12.1 Å². The summed E-state index contributed by atoms with van der Waals surface area (Å²) in [6, 6.07) is 26.9. The van der Waals surface area contributed by atoms with Gasteiger partial charge in [0, 0.05) is 18.6 Å². The normalized spacial score (nSPS) is 13.3. The van der Waals surface area contributed by atoms with E-state index in [1.165, 1.54) is 5.56 Å². The third kappa shape index (κ3) is 6.96. The molecule has 6 heteroatoms. The number of aryl methyl sites for hydroxylation is 1. The van der Waals surface area contributed by atoms with Crippen molar-refractivity contribution >= 4 is 22.4 Å². The number of sulfonamides is 1. The van der Waals surface area contributed by atoms with Gasteiger partial charge in [-0.15, -0.1) is 12.4 Å². The molecule has 2 atom stereocenters. The van der Waals surface area contributed by atoms with Gasteiger partial charge in [0.05, 0.1) is 4.90 Å². The van der Waals surface area contributed by atoms with Gasteiger partial charge in [0.2, 0.25) is 10.0 Å². The molecule has 160 valence electrons. The Morgan fingerprint density at radius 2 is 1.40 bits per heavy atom. The molecule has 0 spiro atoms. The van der Waals surface area contributed by atoms with Crippen LogP contribution in [0.2, 0.25) is 0 Å². The summed E-state index contributed by atoms with van der Waals surface area (Å²) in [4.78, 5) is 0.289. The van der Waals surface area contributed by atoms with Gasteiger partial charge in [-0.3, -0.25) is 0 Å². The molecule has 0 fully saturated rings. The second-order valence-electron chi connectivity index (χ2n) is 7.36. The molecule has 0 saturated carbocycles. The van der Waals surface area contributed by atoms with Gasteiger partial charge in [-0.05, 0) is 43.5 Å². The zero-order valence-electron chi connectivity index (χ0n) is 17.3. The van der Waals surface area contributed by atoms with Crippen molar-refractivity contribution < 1.29 is 8.42 Å². The summed E-state index contributed by atoms with van der Waals surface area (Å²) in [7, 11) is -3.60. The van der Waals surface area contributed by atoms with E-state index in [0.717, 1.165) is 11.1 Å². The van der Waals surface area contributed by atoms with Crippen molar-refractivity contribution in [1.82, 2.24) is 10.0 Å². The van der Waals surface area contributed by atoms with Gasteiger partial charge in [-0.1, -0.05) is 78.4 Å². The van der Waals surface area contributed by atoms with E-state index < -0.39 is 10.0 Å². The van der Waals surface area contributed by atoms with Gasteiger partial charge < -0.3 is 5.32 Å². The van der Waals surface area contributed by atoms with Gasteiger partial charge in [0.1, 0.15) is 0 Å². The molecule has 0 aliphatic carbocycles. The molecule has 0 radical (unpaired) electrons. The van der Waals surface area contributed by atoms with E-state index in [0.29, 0.717) is 13.0 Å². The summed E-state index contributed by atoms with van der Waals surface area (Å²) in [6.07, 6.45) is 0.612. The predicted octanol–water partition coefficient (Wildman–Crippen LogP) is 4.66. The molecule has 0 saturated heterocycles. The van der Waals surface area contributed by atoms with Crippen LogP contribution in [0.4, 0.5) is 0 Å². The highest BCUT2D eigenvalue weighted by atomic mass is 35.5. The molecule has 3 aromatic rings. The highest BCUT2D eigenvalue weighted by molar-refractivity contribution is 7.89. The Hall–Kier alpha value is -2.18. The Labute approximate surface area is 186 Å². The van der Waals surface area contributed by atoms with Crippen LogP contribution in [0.15, 0.2) is 89.8 Å². The van der Waals surface area contributed by atoms with E-state index in [9.17, 15) is 8.42 Å². The maximum Gasteiger partial charge on any atom is 0.240 e. The van der Waals surface area contributed by atoms with Crippen LogP contribution in [0, 0.1) is 6.92 Å². The Bertz CT molecular complexity index is 994. The molecular formula is C24H29ClN2O2S. The average Bonchev–Trinajstić information content (AvgIpc) is 2.73. The minimum atomic E-state index is -3.60. The average molecular weight is 445 g/mol. The lowest BCUT2D eigenvalue weighted by atomic mass is 10.1. The summed E-state index contributed by atoms with van der Waals surface area (Å²) in [5.41, 5.74) is 3.30. The molecule has 0 amide bonds. The van der Waals surface area contributed by atoms with Gasteiger partial charge in [0.15, 0.2) is 0 Å². The fourth-order valence-electron chi connectivity index (χ4n) is 3.24. The van der Waals surface area contributed by atoms with Gasteiger partial charge >= 0.3 is 0 Å². The first-order chi connectivity index (χ1) is 13.9. The summed E-state index contributed by atoms with van der Waals surface area (Å²) in [5, 5.41) is 3.48. The van der Waals surface area contributed by atoms with E-state index in [1.807, 2.05) is 67.6 Å². The zero-order valence-corrected chi connectivity index (χ0v) is 18.9. The first kappa shape index (κ1) is 24.1. The third-order valence-corrected chi connectivity index (χ3v) is 6.48. The predicted molar refractivity (Wildman–Crippen MR) is 126 cm³/mol. The largest absolute Gasteiger partial charge is 0.309 e. The van der Waals surface area contributed by atoms with Crippen LogP contribution >= 0.6 is 12.4 Å². The van der Waals surface area contributed by atoms with Crippen molar-refractivity contribution in [3.05, 3.63) is 102 Å². The Morgan fingerprint density at radius 1 is 0.833 bits per heavy atom. The van der Waals surface area contributed by atoms with Gasteiger partial charge in [0.25, 0.3) is 0 Å². The lowest BCUT2D eigenvalue weighted by molar-refractivity contribution is 0.481. The van der Waals surface area contributed by atoms with E-state index >= 15 is 0 Å². The van der Waals surface area contributed by atoms with Gasteiger partial charge in [-0.2, -0.15) is 0 Å². The summed E-state index contributed by atoms with van der Waals surface area (Å²) in [6.45, 7) is 4.55. The smallest absolute Gasteiger partial charge is 0.240 e. The second-order valence-corrected chi connectivity index (χ2v) is 9.08. The molecule has 0 bridgehead atoms. The van der Waals surface area contributed by atoms with Crippen LogP contribution in [0.5, 0.6) is 0 Å². The molecule has 0 aliphatic heterocycles. The number of nitrogens with one attached hydrogen (secondary N) is 2. The lowest BCUT2D eigenvalue weighted by Crippen LogP contribution is -2.44. The first-order valence-corrected chi connectivity index (χ1v) is 11.3. The second kappa shape index (κ2) is 11.3. The fourth-order valence-corrected chi connectivity index (χ4v) is 4.47. The van der Waals surface area contributed by atoms with Crippen LogP contribution in [0.3, 0.4) is 0 Å². The number of rotatable bonds is 9. The van der Waals surface area contributed by atoms with E-state index in [-0.39, 0.29) is 29.4 Å². The van der Waals surface area contributed by atoms with Crippen LogP contribution in [-0.2, 0) is 16.4 Å². The zero-order chi connectivity index (χ0) is 20.7. The quantitative estimate of drug-likeness (QED) is 0.504. The van der Waals surface area contributed by atoms with Crippen LogP contribution < -0.4 is 10.0 Å². The van der Waals surface area contributed by atoms with Crippen molar-refractivity contribution in [3.8, 4) is 0 Å². The summed E-state index contributed by atoms with van der Waals surface area (Å²) < 4.78 is 28.7. The molecule has 30 heavy (non-hydrogen) atoms. The van der Waals surface area contributed by atoms with Crippen molar-refractivity contribution in [3.63, 3.8) is 0 Å². The number of halogens is 1. The molecule has 4 nitrogen and oxygen atoms in total. The SMILES string of the molecule is Cc1ccc(S(=O)(=O)NC(CNC(C)c2ccccc2)Cc2ccccc2)cc1.Cl. The molecule has 0 aromatic heterocycles. The van der Waals surface area contributed by atoms with E-state index in [4.69, 9.17) is 0 Å². The standard InChI is InChI=1S/C24H28N2O2S.ClH/c1-19-13-15-24(16-14-19)29(27,28)26-23(17-21-9-5-3-6-10-21)18-25-20(2)22-11-7-4-8-12-22;/h3-16,20,23,25-26H,17-18H2,1-2H3;1H. The van der Waals surface area contributed by atoms with Crippen molar-refractivity contribution in [2.75, 3.05) is 6.54 Å². The molecule has 3 rings (SSSR count). The van der Waals surface area contributed by atoms with Crippen LogP contribution in [-0.4, -0.2) is 21.0 Å². The van der Waals surface area contributed by atoms with Crippen LogP contribution in [0.25, 0.3) is 0 Å². The maximum atomic E-state index is 12.9. The highest BCUT2D eigenvalue weighted by Crippen LogP contribution is 2.14. The van der Waals surface area contributed by atoms with Crippen molar-refractivity contribution in [2.45, 2.75) is 37.2 Å². The summed E-state index contributed by atoms with van der Waals surface area (Å²) in [5.74, 6) is 0. The minimum absolute atomic E-state index is 0. The number of benzene rings is 3. The fraction of sp³-hybridized carbons (Fsp3) is 0.250. The molecule has 2 unspecified atom stereocenters. The summed E-state index contributed by atoms with van der Waals surface area (Å²) >= 11 is 0. The molecular weight excluding hydrogens is 416 g/mol. The lowest BCUT2D eigenvalue weighted by Gasteiger charge is -2.22. The topological polar surface area (TPSA) is 58.2 Å². The van der Waals surface area contributed by atoms with Crippen molar-refractivity contribution in [2.24, 2.45) is 0 Å². The molecule has 3 aromatic carbocycles. The Balaban J connectivity index is 0.00000320.